The van der Waals surface area contributed by atoms with Crippen LogP contribution in [0.15, 0.2) is 48.0 Å². The number of carbonyl (C=O) groups is 3. The fourth-order valence-electron chi connectivity index (χ4n) is 3.99. The summed E-state index contributed by atoms with van der Waals surface area (Å²) in [4.78, 5) is 41.2. The number of nitrogens with zero attached hydrogens (tertiary/aromatic N) is 2. The fourth-order valence-corrected chi connectivity index (χ4v) is 3.99. The van der Waals surface area contributed by atoms with E-state index in [2.05, 4.69) is 23.2 Å². The van der Waals surface area contributed by atoms with Crippen molar-refractivity contribution in [1.29, 1.82) is 0 Å². The lowest BCUT2D eigenvalue weighted by molar-refractivity contribution is -0.122. The highest BCUT2D eigenvalue weighted by atomic mass is 16.2. The first-order valence-corrected chi connectivity index (χ1v) is 10.3. The lowest BCUT2D eigenvalue weighted by Gasteiger charge is -2.26. The first-order chi connectivity index (χ1) is 14.5. The van der Waals surface area contributed by atoms with Gasteiger partial charge in [0.05, 0.1) is 5.69 Å². The summed E-state index contributed by atoms with van der Waals surface area (Å²) < 4.78 is 0. The Morgan fingerprint density at radius 3 is 2.70 bits per heavy atom. The zero-order valence-electron chi connectivity index (χ0n) is 17.3. The Kier molecular flexibility index (Phi) is 5.40. The second kappa shape index (κ2) is 8.14. The minimum Gasteiger partial charge on any atom is -0.371 e. The minimum atomic E-state index is -0.728. The maximum absolute atomic E-state index is 13.0. The number of urea groups is 1. The predicted octanol–water partition coefficient (Wildman–Crippen LogP) is 3.82. The molecule has 0 bridgehead atoms. The van der Waals surface area contributed by atoms with Crippen molar-refractivity contribution in [3.8, 4) is 0 Å². The van der Waals surface area contributed by atoms with Crippen LogP contribution in [0.1, 0.15) is 36.5 Å². The van der Waals surface area contributed by atoms with Gasteiger partial charge >= 0.3 is 6.03 Å². The normalized spacial score (nSPS) is 17.5. The molecule has 4 rings (SSSR count). The molecular weight excluding hydrogens is 378 g/mol. The molecule has 2 aliphatic heterocycles. The molecule has 6 heteroatoms. The highest BCUT2D eigenvalue weighted by Gasteiger charge is 2.36. The standard InChI is InChI=1S/C24H25N3O3/c1-3-4-11-26-12-10-18-14-17(8-9-21(18)26)15-20-22(28)25-24(30)27(23(20)29)19-7-5-6-16(2)13-19/h5-9,13-15H,3-4,10-12H2,1-2H3,(H,25,28,30)/b20-15+. The van der Waals surface area contributed by atoms with Crippen molar-refractivity contribution in [1.82, 2.24) is 5.32 Å². The fraction of sp³-hybridized carbons (Fsp3) is 0.292. The van der Waals surface area contributed by atoms with Crippen molar-refractivity contribution in [3.05, 3.63) is 64.7 Å². The van der Waals surface area contributed by atoms with Gasteiger partial charge in [0.2, 0.25) is 0 Å². The van der Waals surface area contributed by atoms with Crippen LogP contribution in [0.5, 0.6) is 0 Å². The monoisotopic (exact) mass is 403 g/mol. The van der Waals surface area contributed by atoms with Crippen LogP contribution < -0.4 is 15.1 Å². The van der Waals surface area contributed by atoms with E-state index >= 15 is 0 Å². The molecule has 0 saturated carbocycles. The Balaban J connectivity index is 1.63. The van der Waals surface area contributed by atoms with Crippen molar-refractivity contribution >= 4 is 35.3 Å². The van der Waals surface area contributed by atoms with Crippen LogP contribution >= 0.6 is 0 Å². The number of imide groups is 2. The van der Waals surface area contributed by atoms with Crippen LogP contribution in [-0.4, -0.2) is 30.9 Å². The summed E-state index contributed by atoms with van der Waals surface area (Å²) in [5, 5.41) is 2.28. The molecule has 154 valence electrons. The Hall–Kier alpha value is -3.41. The van der Waals surface area contributed by atoms with Gasteiger partial charge in [0, 0.05) is 18.8 Å². The van der Waals surface area contributed by atoms with Gasteiger partial charge in [-0.3, -0.25) is 14.9 Å². The summed E-state index contributed by atoms with van der Waals surface area (Å²) >= 11 is 0. The Morgan fingerprint density at radius 1 is 1.10 bits per heavy atom. The quantitative estimate of drug-likeness (QED) is 0.609. The maximum atomic E-state index is 13.0. The van der Waals surface area contributed by atoms with Crippen molar-refractivity contribution in [2.75, 3.05) is 22.9 Å². The van der Waals surface area contributed by atoms with Gasteiger partial charge in [-0.25, -0.2) is 9.69 Å². The molecule has 1 saturated heterocycles. The van der Waals surface area contributed by atoms with Crippen LogP contribution in [0, 0.1) is 6.92 Å². The number of carbonyl (C=O) groups excluding carboxylic acids is 3. The third-order valence-corrected chi connectivity index (χ3v) is 5.55. The topological polar surface area (TPSA) is 69.7 Å². The summed E-state index contributed by atoms with van der Waals surface area (Å²) in [5.41, 5.74) is 4.54. The van der Waals surface area contributed by atoms with Gasteiger partial charge in [0.1, 0.15) is 5.57 Å². The van der Waals surface area contributed by atoms with E-state index in [1.165, 1.54) is 11.3 Å². The van der Waals surface area contributed by atoms with Crippen LogP contribution in [0.4, 0.5) is 16.2 Å². The average molecular weight is 403 g/mol. The summed E-state index contributed by atoms with van der Waals surface area (Å²) in [6.45, 7) is 6.10. The number of amides is 4. The Morgan fingerprint density at radius 2 is 1.93 bits per heavy atom. The highest BCUT2D eigenvalue weighted by molar-refractivity contribution is 6.39. The number of unbranched alkanes of at least 4 members (excludes halogenated alkanes) is 1. The molecule has 2 aromatic rings. The molecule has 0 aliphatic carbocycles. The van der Waals surface area contributed by atoms with Crippen molar-refractivity contribution < 1.29 is 14.4 Å². The van der Waals surface area contributed by atoms with E-state index in [9.17, 15) is 14.4 Å². The molecule has 6 nitrogen and oxygen atoms in total. The van der Waals surface area contributed by atoms with E-state index in [1.54, 1.807) is 24.3 Å². The number of rotatable bonds is 5. The SMILES string of the molecule is CCCCN1CCc2cc(/C=C3\C(=O)NC(=O)N(c4cccc(C)c4)C3=O)ccc21. The van der Waals surface area contributed by atoms with E-state index in [0.29, 0.717) is 5.69 Å². The third kappa shape index (κ3) is 3.73. The molecule has 4 amide bonds. The van der Waals surface area contributed by atoms with Gasteiger partial charge in [-0.2, -0.15) is 0 Å². The van der Waals surface area contributed by atoms with Gasteiger partial charge in [-0.15, -0.1) is 0 Å². The Labute approximate surface area is 176 Å². The molecule has 2 heterocycles. The molecule has 0 spiro atoms. The molecule has 0 aromatic heterocycles. The number of fused-ring (bicyclic) bond motifs is 1. The predicted molar refractivity (Wildman–Crippen MR) is 117 cm³/mol. The lowest BCUT2D eigenvalue weighted by Crippen LogP contribution is -2.54. The van der Waals surface area contributed by atoms with Gasteiger partial charge in [0.15, 0.2) is 0 Å². The summed E-state index contributed by atoms with van der Waals surface area (Å²) in [6, 6.07) is 12.4. The van der Waals surface area contributed by atoms with Gasteiger partial charge in [-0.05, 0) is 66.8 Å². The molecule has 1 fully saturated rings. The van der Waals surface area contributed by atoms with Gasteiger partial charge < -0.3 is 4.90 Å². The van der Waals surface area contributed by atoms with Crippen molar-refractivity contribution in [2.45, 2.75) is 33.1 Å². The largest absolute Gasteiger partial charge is 0.371 e. The molecule has 2 aliphatic rings. The number of hydrogen-bond donors (Lipinski definition) is 1. The number of aryl methyl sites for hydroxylation is 1. The van der Waals surface area contributed by atoms with E-state index in [1.807, 2.05) is 25.1 Å². The first-order valence-electron chi connectivity index (χ1n) is 10.3. The zero-order chi connectivity index (χ0) is 21.3. The zero-order valence-corrected chi connectivity index (χ0v) is 17.3. The second-order valence-electron chi connectivity index (χ2n) is 7.78. The average Bonchev–Trinajstić information content (AvgIpc) is 3.11. The van der Waals surface area contributed by atoms with E-state index in [4.69, 9.17) is 0 Å². The van der Waals surface area contributed by atoms with Crippen LogP contribution in [0.2, 0.25) is 0 Å². The maximum Gasteiger partial charge on any atom is 0.335 e. The third-order valence-electron chi connectivity index (χ3n) is 5.55. The summed E-state index contributed by atoms with van der Waals surface area (Å²) in [5.74, 6) is -1.28. The number of barbiturate groups is 1. The number of benzene rings is 2. The summed E-state index contributed by atoms with van der Waals surface area (Å²) in [7, 11) is 0. The number of hydrogen-bond acceptors (Lipinski definition) is 4. The second-order valence-corrected chi connectivity index (χ2v) is 7.78. The van der Waals surface area contributed by atoms with Crippen LogP contribution in [0.25, 0.3) is 6.08 Å². The lowest BCUT2D eigenvalue weighted by atomic mass is 10.0. The molecule has 2 aromatic carbocycles. The molecule has 0 radical (unpaired) electrons. The van der Waals surface area contributed by atoms with Gasteiger partial charge in [-0.1, -0.05) is 31.5 Å². The number of anilines is 2. The smallest absolute Gasteiger partial charge is 0.335 e. The molecule has 30 heavy (non-hydrogen) atoms. The van der Waals surface area contributed by atoms with Crippen LogP contribution in [-0.2, 0) is 16.0 Å². The number of nitrogens with one attached hydrogen (secondary N) is 1. The van der Waals surface area contributed by atoms with E-state index in [-0.39, 0.29) is 5.57 Å². The minimum absolute atomic E-state index is 0.0445. The highest BCUT2D eigenvalue weighted by Crippen LogP contribution is 2.30. The van der Waals surface area contributed by atoms with Crippen molar-refractivity contribution in [2.24, 2.45) is 0 Å². The Bertz CT molecular complexity index is 1060. The van der Waals surface area contributed by atoms with Crippen LogP contribution in [0.3, 0.4) is 0 Å². The van der Waals surface area contributed by atoms with Gasteiger partial charge in [0.25, 0.3) is 11.8 Å². The molecular formula is C24H25N3O3. The van der Waals surface area contributed by atoms with E-state index < -0.39 is 17.8 Å². The molecule has 0 atom stereocenters. The molecule has 1 N–H and O–H groups in total. The van der Waals surface area contributed by atoms with Crippen molar-refractivity contribution in [3.63, 3.8) is 0 Å². The van der Waals surface area contributed by atoms with E-state index in [0.717, 1.165) is 48.4 Å². The first kappa shape index (κ1) is 19.9. The molecule has 0 unspecified atom stereocenters. The summed E-state index contributed by atoms with van der Waals surface area (Å²) in [6.07, 6.45) is 4.83.